The van der Waals surface area contributed by atoms with E-state index in [-0.39, 0.29) is 0 Å². The molecule has 5 nitrogen and oxygen atoms in total. The highest BCUT2D eigenvalue weighted by atomic mass is 16.3. The third-order valence-electron chi connectivity index (χ3n) is 9.44. The first kappa shape index (κ1) is 28.2. The van der Waals surface area contributed by atoms with Crippen LogP contribution in [0, 0.1) is 0 Å². The van der Waals surface area contributed by atoms with Crippen LogP contribution in [0.4, 0.5) is 0 Å². The number of aromatic nitrogens is 4. The maximum absolute atomic E-state index is 6.10. The van der Waals surface area contributed by atoms with Gasteiger partial charge in [0, 0.05) is 43.9 Å². The van der Waals surface area contributed by atoms with Crippen LogP contribution < -0.4 is 0 Å². The van der Waals surface area contributed by atoms with Gasteiger partial charge < -0.3 is 8.98 Å². The lowest BCUT2D eigenvalue weighted by molar-refractivity contribution is 0.669. The Labute approximate surface area is 287 Å². The molecule has 0 atom stereocenters. The summed E-state index contributed by atoms with van der Waals surface area (Å²) in [6.07, 6.45) is 0. The van der Waals surface area contributed by atoms with E-state index < -0.39 is 0 Å². The molecule has 0 saturated heterocycles. The van der Waals surface area contributed by atoms with Gasteiger partial charge in [-0.05, 0) is 65.7 Å². The molecule has 7 aromatic carbocycles. The predicted molar refractivity (Wildman–Crippen MR) is 203 cm³/mol. The molecule has 0 bridgehead atoms. The Morgan fingerprint density at radius 1 is 0.340 bits per heavy atom. The van der Waals surface area contributed by atoms with Gasteiger partial charge in [-0.1, -0.05) is 115 Å². The van der Waals surface area contributed by atoms with Crippen molar-refractivity contribution in [3.63, 3.8) is 0 Å². The van der Waals surface area contributed by atoms with E-state index in [4.69, 9.17) is 19.4 Å². The maximum atomic E-state index is 6.10. The summed E-state index contributed by atoms with van der Waals surface area (Å²) in [5.74, 6) is 1.85. The lowest BCUT2D eigenvalue weighted by Crippen LogP contribution is -2.00. The van der Waals surface area contributed by atoms with E-state index in [0.717, 1.165) is 55.4 Å². The molecular formula is C45H28N4O. The summed E-state index contributed by atoms with van der Waals surface area (Å²) in [6.45, 7) is 0. The van der Waals surface area contributed by atoms with Gasteiger partial charge in [0.05, 0.1) is 11.0 Å². The van der Waals surface area contributed by atoms with Crippen molar-refractivity contribution in [3.8, 4) is 51.0 Å². The summed E-state index contributed by atoms with van der Waals surface area (Å²) in [7, 11) is 0. The zero-order valence-corrected chi connectivity index (χ0v) is 26.9. The number of nitrogens with zero attached hydrogens (tertiary/aromatic N) is 4. The zero-order valence-electron chi connectivity index (χ0n) is 26.9. The molecule has 3 aromatic heterocycles. The monoisotopic (exact) mass is 640 g/mol. The largest absolute Gasteiger partial charge is 0.456 e. The predicted octanol–water partition coefficient (Wildman–Crippen LogP) is 11.5. The fourth-order valence-corrected chi connectivity index (χ4v) is 7.08. The second kappa shape index (κ2) is 11.4. The molecule has 0 aliphatic rings. The van der Waals surface area contributed by atoms with Gasteiger partial charge in [-0.2, -0.15) is 0 Å². The Bertz CT molecular complexity index is 2830. The number of rotatable bonds is 5. The molecule has 0 aliphatic carbocycles. The van der Waals surface area contributed by atoms with Crippen LogP contribution >= 0.6 is 0 Å². The molecular weight excluding hydrogens is 613 g/mol. The van der Waals surface area contributed by atoms with Crippen molar-refractivity contribution in [2.45, 2.75) is 0 Å². The Hall–Kier alpha value is -6.85. The fraction of sp³-hybridized carbons (Fsp3) is 0. The molecule has 234 valence electrons. The van der Waals surface area contributed by atoms with Gasteiger partial charge in [0.2, 0.25) is 0 Å². The van der Waals surface area contributed by atoms with Gasteiger partial charge in [-0.15, -0.1) is 0 Å². The first-order valence-corrected chi connectivity index (χ1v) is 16.7. The van der Waals surface area contributed by atoms with Crippen LogP contribution in [-0.4, -0.2) is 19.5 Å². The lowest BCUT2D eigenvalue weighted by atomic mass is 10.0. The topological polar surface area (TPSA) is 56.7 Å². The fourth-order valence-electron chi connectivity index (χ4n) is 7.08. The maximum Gasteiger partial charge on any atom is 0.164 e. The number of benzene rings is 7. The van der Waals surface area contributed by atoms with Gasteiger partial charge in [-0.3, -0.25) is 0 Å². The molecule has 5 heteroatoms. The first-order valence-electron chi connectivity index (χ1n) is 16.7. The van der Waals surface area contributed by atoms with Crippen LogP contribution in [0.15, 0.2) is 174 Å². The van der Waals surface area contributed by atoms with Crippen LogP contribution in [0.3, 0.4) is 0 Å². The Kier molecular flexibility index (Phi) is 6.42. The number of hydrogen-bond donors (Lipinski definition) is 0. The van der Waals surface area contributed by atoms with Crippen molar-refractivity contribution in [2.75, 3.05) is 0 Å². The number of fused-ring (bicyclic) bond motifs is 6. The van der Waals surface area contributed by atoms with Gasteiger partial charge in [0.15, 0.2) is 17.5 Å². The van der Waals surface area contributed by atoms with E-state index in [0.29, 0.717) is 17.5 Å². The van der Waals surface area contributed by atoms with Crippen LogP contribution in [-0.2, 0) is 0 Å². The summed E-state index contributed by atoms with van der Waals surface area (Å²) in [5.41, 5.74) is 10.1. The SMILES string of the molecule is c1ccc(-c2nc(-c3cccc(-c4cccc(-n5c6ccccc6c6ccccc65)c4)c3)nc(-c3ccc4oc5ccccc5c4c3)n2)cc1. The van der Waals surface area contributed by atoms with E-state index in [9.17, 15) is 0 Å². The lowest BCUT2D eigenvalue weighted by Gasteiger charge is -2.12. The highest BCUT2D eigenvalue weighted by molar-refractivity contribution is 6.09. The Morgan fingerprint density at radius 2 is 0.860 bits per heavy atom. The zero-order chi connectivity index (χ0) is 33.0. The third-order valence-corrected chi connectivity index (χ3v) is 9.44. The minimum Gasteiger partial charge on any atom is -0.456 e. The van der Waals surface area contributed by atoms with Crippen LogP contribution in [0.1, 0.15) is 0 Å². The van der Waals surface area contributed by atoms with E-state index in [2.05, 4.69) is 114 Å². The summed E-state index contributed by atoms with van der Waals surface area (Å²) >= 11 is 0. The molecule has 0 fully saturated rings. The van der Waals surface area contributed by atoms with Crippen molar-refractivity contribution >= 4 is 43.7 Å². The molecule has 10 aromatic rings. The second-order valence-electron chi connectivity index (χ2n) is 12.5. The van der Waals surface area contributed by atoms with E-state index in [1.54, 1.807) is 0 Å². The normalized spacial score (nSPS) is 11.6. The smallest absolute Gasteiger partial charge is 0.164 e. The second-order valence-corrected chi connectivity index (χ2v) is 12.5. The summed E-state index contributed by atoms with van der Waals surface area (Å²) in [4.78, 5) is 15.1. The van der Waals surface area contributed by atoms with Gasteiger partial charge >= 0.3 is 0 Å². The highest BCUT2D eigenvalue weighted by Crippen LogP contribution is 2.35. The summed E-state index contributed by atoms with van der Waals surface area (Å²) < 4.78 is 8.45. The van der Waals surface area contributed by atoms with Crippen molar-refractivity contribution in [1.29, 1.82) is 0 Å². The molecule has 10 rings (SSSR count). The van der Waals surface area contributed by atoms with Gasteiger partial charge in [0.1, 0.15) is 11.2 Å². The molecule has 0 radical (unpaired) electrons. The molecule has 3 heterocycles. The van der Waals surface area contributed by atoms with Crippen LogP contribution in [0.25, 0.3) is 94.7 Å². The van der Waals surface area contributed by atoms with Crippen molar-refractivity contribution < 1.29 is 4.42 Å². The van der Waals surface area contributed by atoms with Crippen LogP contribution in [0.5, 0.6) is 0 Å². The Morgan fingerprint density at radius 3 is 1.60 bits per heavy atom. The van der Waals surface area contributed by atoms with E-state index in [1.165, 1.54) is 21.8 Å². The molecule has 0 aliphatic heterocycles. The third kappa shape index (κ3) is 4.67. The summed E-state index contributed by atoms with van der Waals surface area (Å²) in [6, 6.07) is 58.7. The average Bonchev–Trinajstić information content (AvgIpc) is 3.74. The number of furan rings is 1. The quantitative estimate of drug-likeness (QED) is 0.188. The minimum atomic E-state index is 0.611. The van der Waals surface area contributed by atoms with Crippen molar-refractivity contribution in [1.82, 2.24) is 19.5 Å². The number of para-hydroxylation sites is 3. The average molecular weight is 641 g/mol. The molecule has 0 saturated carbocycles. The van der Waals surface area contributed by atoms with Gasteiger partial charge in [0.25, 0.3) is 0 Å². The van der Waals surface area contributed by atoms with E-state index in [1.807, 2.05) is 60.7 Å². The van der Waals surface area contributed by atoms with Crippen molar-refractivity contribution in [3.05, 3.63) is 170 Å². The molecule has 0 unspecified atom stereocenters. The standard InChI is InChI=1S/C45H28N4O/c1-2-12-29(13-3-1)43-46-44(48-45(47-43)33-24-25-42-38(28-33)37-20-6-9-23-41(37)50-42)32-16-10-14-30(26-32)31-15-11-17-34(27-31)49-39-21-7-4-18-35(39)36-19-5-8-22-40(36)49/h1-28H. The molecule has 50 heavy (non-hydrogen) atoms. The summed E-state index contributed by atoms with van der Waals surface area (Å²) in [5, 5.41) is 4.59. The molecule has 0 amide bonds. The first-order chi connectivity index (χ1) is 24.8. The Balaban J connectivity index is 1.10. The number of hydrogen-bond acceptors (Lipinski definition) is 4. The van der Waals surface area contributed by atoms with Gasteiger partial charge in [-0.25, -0.2) is 15.0 Å². The van der Waals surface area contributed by atoms with Crippen LogP contribution in [0.2, 0.25) is 0 Å². The molecule has 0 N–H and O–H groups in total. The minimum absolute atomic E-state index is 0.611. The highest BCUT2D eigenvalue weighted by Gasteiger charge is 2.16. The van der Waals surface area contributed by atoms with Crippen molar-refractivity contribution in [2.24, 2.45) is 0 Å². The molecule has 0 spiro atoms. The van der Waals surface area contributed by atoms with E-state index >= 15 is 0 Å².